The van der Waals surface area contributed by atoms with Gasteiger partial charge in [-0.25, -0.2) is 0 Å². The topological polar surface area (TPSA) is 64.8 Å². The number of hydrogen-bond donors (Lipinski definition) is 1. The summed E-state index contributed by atoms with van der Waals surface area (Å²) in [7, 11) is 3.23. The van der Waals surface area contributed by atoms with E-state index in [1.54, 1.807) is 14.2 Å². The van der Waals surface area contributed by atoms with Crippen LogP contribution >= 0.6 is 0 Å². The summed E-state index contributed by atoms with van der Waals surface area (Å²) in [6, 6.07) is 5.66. The molecule has 2 unspecified atom stereocenters. The van der Waals surface area contributed by atoms with Crippen LogP contribution in [0.5, 0.6) is 11.5 Å². The fourth-order valence-electron chi connectivity index (χ4n) is 3.10. The second-order valence-electron chi connectivity index (χ2n) is 5.86. The van der Waals surface area contributed by atoms with E-state index in [9.17, 15) is 4.79 Å². The van der Waals surface area contributed by atoms with Gasteiger partial charge in [-0.1, -0.05) is 0 Å². The molecule has 0 saturated carbocycles. The molecule has 0 bridgehead atoms. The van der Waals surface area contributed by atoms with E-state index in [2.05, 4.69) is 0 Å². The van der Waals surface area contributed by atoms with Crippen molar-refractivity contribution in [1.29, 1.82) is 0 Å². The van der Waals surface area contributed by atoms with Crippen LogP contribution in [0.1, 0.15) is 31.7 Å². The molecule has 5 heteroatoms. The quantitative estimate of drug-likeness (QED) is 0.903. The number of likely N-dealkylation sites (tertiary alicyclic amines) is 1. The highest BCUT2D eigenvalue weighted by Gasteiger charge is 2.29. The molecular weight excluding hydrogens is 280 g/mol. The number of nitrogens with two attached hydrogens (primary N) is 1. The van der Waals surface area contributed by atoms with Crippen LogP contribution < -0.4 is 15.2 Å². The summed E-state index contributed by atoms with van der Waals surface area (Å²) in [5.74, 6) is 1.54. The molecule has 122 valence electrons. The summed E-state index contributed by atoms with van der Waals surface area (Å²) in [5, 5.41) is 0. The first-order valence-electron chi connectivity index (χ1n) is 7.82. The second-order valence-corrected chi connectivity index (χ2v) is 5.86. The largest absolute Gasteiger partial charge is 0.497 e. The minimum absolute atomic E-state index is 0.00328. The number of benzene rings is 1. The Bertz CT molecular complexity index is 517. The SMILES string of the molecule is COc1ccc(OC)c(CC(=O)N2CCCCC2C(C)N)c1. The van der Waals surface area contributed by atoms with E-state index in [1.807, 2.05) is 30.0 Å². The highest BCUT2D eigenvalue weighted by Crippen LogP contribution is 2.26. The van der Waals surface area contributed by atoms with Crippen LogP contribution in [0, 0.1) is 0 Å². The number of amides is 1. The van der Waals surface area contributed by atoms with Crippen LogP contribution in [0.15, 0.2) is 18.2 Å². The van der Waals surface area contributed by atoms with Gasteiger partial charge in [0.2, 0.25) is 5.91 Å². The number of nitrogens with zero attached hydrogens (tertiary/aromatic N) is 1. The van der Waals surface area contributed by atoms with Crippen LogP contribution in [0.25, 0.3) is 0 Å². The first kappa shape index (κ1) is 16.6. The molecule has 2 atom stereocenters. The highest BCUT2D eigenvalue weighted by molar-refractivity contribution is 5.80. The van der Waals surface area contributed by atoms with Gasteiger partial charge < -0.3 is 20.1 Å². The maximum Gasteiger partial charge on any atom is 0.227 e. The number of carbonyl (C=O) groups is 1. The first-order chi connectivity index (χ1) is 10.6. The van der Waals surface area contributed by atoms with Gasteiger partial charge in [0.1, 0.15) is 11.5 Å². The summed E-state index contributed by atoms with van der Waals surface area (Å²) in [6.07, 6.45) is 3.48. The van der Waals surface area contributed by atoms with Gasteiger partial charge in [-0.05, 0) is 44.4 Å². The van der Waals surface area contributed by atoms with Crippen molar-refractivity contribution in [3.05, 3.63) is 23.8 Å². The Labute approximate surface area is 132 Å². The molecule has 1 aliphatic rings. The molecule has 1 heterocycles. The molecule has 1 aliphatic heterocycles. The van der Waals surface area contributed by atoms with Crippen molar-refractivity contribution in [2.24, 2.45) is 5.73 Å². The lowest BCUT2D eigenvalue weighted by molar-refractivity contribution is -0.134. The smallest absolute Gasteiger partial charge is 0.227 e. The molecule has 5 nitrogen and oxygen atoms in total. The van der Waals surface area contributed by atoms with Crippen LogP contribution in [-0.2, 0) is 11.2 Å². The third-order valence-electron chi connectivity index (χ3n) is 4.31. The average molecular weight is 306 g/mol. The average Bonchev–Trinajstić information content (AvgIpc) is 2.54. The summed E-state index contributed by atoms with van der Waals surface area (Å²) in [6.45, 7) is 2.76. The monoisotopic (exact) mass is 306 g/mol. The Hall–Kier alpha value is -1.75. The van der Waals surface area contributed by atoms with Crippen LogP contribution in [0.4, 0.5) is 0 Å². The van der Waals surface area contributed by atoms with Crippen molar-refractivity contribution in [2.75, 3.05) is 20.8 Å². The molecular formula is C17H26N2O3. The zero-order chi connectivity index (χ0) is 16.1. The molecule has 1 aromatic rings. The van der Waals surface area contributed by atoms with Gasteiger partial charge in [-0.3, -0.25) is 4.79 Å². The van der Waals surface area contributed by atoms with Crippen molar-refractivity contribution < 1.29 is 14.3 Å². The van der Waals surface area contributed by atoms with Gasteiger partial charge >= 0.3 is 0 Å². The minimum Gasteiger partial charge on any atom is -0.497 e. The predicted molar refractivity (Wildman–Crippen MR) is 86.3 cm³/mol. The Kier molecular flexibility index (Phi) is 5.66. The predicted octanol–water partition coefficient (Wildman–Crippen LogP) is 1.97. The van der Waals surface area contributed by atoms with E-state index in [0.717, 1.165) is 37.1 Å². The molecule has 2 N–H and O–H groups in total. The molecule has 2 rings (SSSR count). The van der Waals surface area contributed by atoms with Gasteiger partial charge in [0.15, 0.2) is 0 Å². The van der Waals surface area contributed by atoms with Crippen LogP contribution in [0.2, 0.25) is 0 Å². The van der Waals surface area contributed by atoms with Gasteiger partial charge in [-0.15, -0.1) is 0 Å². The van der Waals surface area contributed by atoms with E-state index >= 15 is 0 Å². The Morgan fingerprint density at radius 2 is 2.14 bits per heavy atom. The third-order valence-corrected chi connectivity index (χ3v) is 4.31. The number of piperidine rings is 1. The Morgan fingerprint density at radius 3 is 2.77 bits per heavy atom. The van der Waals surface area contributed by atoms with Gasteiger partial charge in [-0.2, -0.15) is 0 Å². The van der Waals surface area contributed by atoms with Crippen molar-refractivity contribution in [2.45, 2.75) is 44.7 Å². The molecule has 1 fully saturated rings. The maximum atomic E-state index is 12.7. The van der Waals surface area contributed by atoms with E-state index in [-0.39, 0.29) is 18.0 Å². The van der Waals surface area contributed by atoms with E-state index in [1.165, 1.54) is 0 Å². The molecule has 22 heavy (non-hydrogen) atoms. The number of rotatable bonds is 5. The van der Waals surface area contributed by atoms with E-state index < -0.39 is 0 Å². The molecule has 1 aromatic carbocycles. The second kappa shape index (κ2) is 7.49. The Morgan fingerprint density at radius 1 is 1.36 bits per heavy atom. The summed E-state index contributed by atoms with van der Waals surface area (Å²) in [5.41, 5.74) is 6.90. The Balaban J connectivity index is 2.16. The number of carbonyl (C=O) groups excluding carboxylic acids is 1. The summed E-state index contributed by atoms with van der Waals surface area (Å²) >= 11 is 0. The number of ether oxygens (including phenoxy) is 2. The van der Waals surface area contributed by atoms with Crippen LogP contribution in [-0.4, -0.2) is 43.7 Å². The fourth-order valence-corrected chi connectivity index (χ4v) is 3.10. The van der Waals surface area contributed by atoms with Crippen molar-refractivity contribution in [3.8, 4) is 11.5 Å². The molecule has 1 saturated heterocycles. The maximum absolute atomic E-state index is 12.7. The van der Waals surface area contributed by atoms with Gasteiger partial charge in [0, 0.05) is 24.2 Å². The highest BCUT2D eigenvalue weighted by atomic mass is 16.5. The third kappa shape index (κ3) is 3.71. The normalized spacial score (nSPS) is 19.6. The van der Waals surface area contributed by atoms with Gasteiger partial charge in [0.25, 0.3) is 0 Å². The standard InChI is InChI=1S/C17H26N2O3/c1-12(18)15-6-4-5-9-19(15)17(20)11-13-10-14(21-2)7-8-16(13)22-3/h7-8,10,12,15H,4-6,9,11,18H2,1-3H3. The fraction of sp³-hybridized carbons (Fsp3) is 0.588. The summed E-state index contributed by atoms with van der Waals surface area (Å²) in [4.78, 5) is 14.7. The summed E-state index contributed by atoms with van der Waals surface area (Å²) < 4.78 is 10.6. The lowest BCUT2D eigenvalue weighted by Gasteiger charge is -2.38. The lowest BCUT2D eigenvalue weighted by atomic mass is 9.96. The first-order valence-corrected chi connectivity index (χ1v) is 7.82. The number of methoxy groups -OCH3 is 2. The zero-order valence-corrected chi connectivity index (χ0v) is 13.7. The molecule has 0 aliphatic carbocycles. The van der Waals surface area contributed by atoms with Crippen molar-refractivity contribution in [3.63, 3.8) is 0 Å². The molecule has 1 amide bonds. The molecule has 0 spiro atoms. The van der Waals surface area contributed by atoms with E-state index in [4.69, 9.17) is 15.2 Å². The van der Waals surface area contributed by atoms with E-state index in [0.29, 0.717) is 12.2 Å². The molecule has 0 radical (unpaired) electrons. The van der Waals surface area contributed by atoms with Crippen LogP contribution in [0.3, 0.4) is 0 Å². The minimum atomic E-state index is -0.00328. The molecule has 0 aromatic heterocycles. The van der Waals surface area contributed by atoms with Gasteiger partial charge in [0.05, 0.1) is 20.6 Å². The number of hydrogen-bond acceptors (Lipinski definition) is 4. The van der Waals surface area contributed by atoms with Crippen molar-refractivity contribution >= 4 is 5.91 Å². The zero-order valence-electron chi connectivity index (χ0n) is 13.7. The van der Waals surface area contributed by atoms with Crippen molar-refractivity contribution in [1.82, 2.24) is 4.90 Å². The lowest BCUT2D eigenvalue weighted by Crippen LogP contribution is -2.52.